The first-order valence-corrected chi connectivity index (χ1v) is 6.01. The van der Waals surface area contributed by atoms with Crippen LogP contribution >= 0.6 is 0 Å². The molecule has 1 unspecified atom stereocenters. The Balaban J connectivity index is 1.77. The van der Waals surface area contributed by atoms with Gasteiger partial charge in [-0.1, -0.05) is 0 Å². The second kappa shape index (κ2) is 6.00. The van der Waals surface area contributed by atoms with Crippen LogP contribution in [0, 0.1) is 0 Å². The number of hydrogen-bond donors (Lipinski definition) is 3. The highest BCUT2D eigenvalue weighted by atomic mass is 16.3. The van der Waals surface area contributed by atoms with E-state index in [1.165, 1.54) is 12.3 Å². The molecule has 20 heavy (non-hydrogen) atoms. The van der Waals surface area contributed by atoms with Crippen molar-refractivity contribution >= 4 is 23.6 Å². The summed E-state index contributed by atoms with van der Waals surface area (Å²) in [6.07, 6.45) is 1.77. The zero-order chi connectivity index (χ0) is 14.5. The topological polar surface area (TPSA) is 118 Å². The summed E-state index contributed by atoms with van der Waals surface area (Å²) in [5.41, 5.74) is 0. The molecule has 106 valence electrons. The highest BCUT2D eigenvalue weighted by Gasteiger charge is 2.27. The van der Waals surface area contributed by atoms with Gasteiger partial charge >= 0.3 is 0 Å². The molecule has 0 spiro atoms. The van der Waals surface area contributed by atoms with Crippen LogP contribution in [0.3, 0.4) is 0 Å². The Labute approximate surface area is 113 Å². The molecule has 0 aliphatic carbocycles. The van der Waals surface area contributed by atoms with Gasteiger partial charge < -0.3 is 15.1 Å². The first kappa shape index (κ1) is 13.8. The molecule has 8 nitrogen and oxygen atoms in total. The number of amides is 4. The van der Waals surface area contributed by atoms with Crippen LogP contribution in [-0.2, 0) is 14.4 Å². The maximum Gasteiger partial charge on any atom is 0.287 e. The molecular weight excluding hydrogens is 266 g/mol. The molecule has 1 aromatic heterocycles. The zero-order valence-corrected chi connectivity index (χ0v) is 10.5. The minimum atomic E-state index is -0.749. The minimum Gasteiger partial charge on any atom is -0.459 e. The van der Waals surface area contributed by atoms with E-state index in [1.807, 2.05) is 0 Å². The lowest BCUT2D eigenvalue weighted by molar-refractivity contribution is -0.137. The molecule has 0 saturated carbocycles. The number of nitrogens with one attached hydrogen (secondary N) is 3. The fourth-order valence-corrected chi connectivity index (χ4v) is 1.73. The van der Waals surface area contributed by atoms with E-state index in [-0.39, 0.29) is 31.1 Å². The average molecular weight is 279 g/mol. The lowest BCUT2D eigenvalue weighted by Gasteiger charge is -2.21. The van der Waals surface area contributed by atoms with Gasteiger partial charge in [0.15, 0.2) is 5.76 Å². The molecule has 1 aromatic rings. The lowest BCUT2D eigenvalue weighted by atomic mass is 10.1. The summed E-state index contributed by atoms with van der Waals surface area (Å²) in [6, 6.07) is 2.27. The van der Waals surface area contributed by atoms with Crippen LogP contribution < -0.4 is 16.0 Å². The van der Waals surface area contributed by atoms with Gasteiger partial charge in [-0.25, -0.2) is 0 Å². The van der Waals surface area contributed by atoms with E-state index in [0.717, 1.165) is 0 Å². The Hall–Kier alpha value is -2.64. The van der Waals surface area contributed by atoms with Crippen molar-refractivity contribution in [3.8, 4) is 0 Å². The quantitative estimate of drug-likeness (QED) is 0.607. The third-order valence-corrected chi connectivity index (χ3v) is 2.73. The number of furan rings is 1. The van der Waals surface area contributed by atoms with Crippen molar-refractivity contribution in [1.82, 2.24) is 16.0 Å². The third kappa shape index (κ3) is 3.44. The number of carbonyl (C=O) groups is 4. The van der Waals surface area contributed by atoms with Crippen LogP contribution in [0.25, 0.3) is 0 Å². The second-order valence-corrected chi connectivity index (χ2v) is 4.23. The second-order valence-electron chi connectivity index (χ2n) is 4.23. The van der Waals surface area contributed by atoms with Gasteiger partial charge in [0.05, 0.1) is 12.8 Å². The van der Waals surface area contributed by atoms with Gasteiger partial charge in [-0.3, -0.25) is 24.5 Å². The molecular formula is C12H13N3O5. The lowest BCUT2D eigenvalue weighted by Crippen LogP contribution is -2.53. The Morgan fingerprint density at radius 3 is 2.85 bits per heavy atom. The van der Waals surface area contributed by atoms with Gasteiger partial charge in [-0.05, 0) is 18.6 Å². The molecule has 0 aromatic carbocycles. The predicted octanol–water partition coefficient (Wildman–Crippen LogP) is -1.07. The Bertz CT molecular complexity index is 537. The maximum atomic E-state index is 11.6. The van der Waals surface area contributed by atoms with Gasteiger partial charge in [0.1, 0.15) is 6.04 Å². The summed E-state index contributed by atoms with van der Waals surface area (Å²) in [6.45, 7) is -0.280. The molecule has 0 radical (unpaired) electrons. The van der Waals surface area contributed by atoms with Crippen LogP contribution in [0.5, 0.6) is 0 Å². The third-order valence-electron chi connectivity index (χ3n) is 2.73. The standard InChI is InChI=1S/C12H13N3O5/c16-9-4-3-7(11(18)15-9)14-10(17)6-13-12(19)8-2-1-5-20-8/h1-2,5,7H,3-4,6H2,(H,13,19)(H,14,17)(H,15,16,18). The van der Waals surface area contributed by atoms with Crippen molar-refractivity contribution < 1.29 is 23.6 Å². The normalized spacial score (nSPS) is 18.3. The summed E-state index contributed by atoms with van der Waals surface area (Å²) in [5, 5.41) is 6.92. The van der Waals surface area contributed by atoms with Crippen molar-refractivity contribution in [2.24, 2.45) is 0 Å². The van der Waals surface area contributed by atoms with Crippen molar-refractivity contribution in [1.29, 1.82) is 0 Å². The molecule has 2 rings (SSSR count). The van der Waals surface area contributed by atoms with E-state index in [4.69, 9.17) is 4.42 Å². The maximum absolute atomic E-state index is 11.6. The summed E-state index contributed by atoms with van der Waals surface area (Å²) < 4.78 is 4.86. The van der Waals surface area contributed by atoms with E-state index in [9.17, 15) is 19.2 Å². The first-order chi connectivity index (χ1) is 9.56. The summed E-state index contributed by atoms with van der Waals surface area (Å²) in [5.74, 6) is -1.83. The number of hydrogen-bond acceptors (Lipinski definition) is 5. The fraction of sp³-hybridized carbons (Fsp3) is 0.333. The van der Waals surface area contributed by atoms with Gasteiger partial charge in [0.2, 0.25) is 17.7 Å². The van der Waals surface area contributed by atoms with E-state index >= 15 is 0 Å². The van der Waals surface area contributed by atoms with E-state index in [0.29, 0.717) is 0 Å². The molecule has 8 heteroatoms. The molecule has 1 fully saturated rings. The summed E-state index contributed by atoms with van der Waals surface area (Å²) in [4.78, 5) is 45.4. The molecule has 1 saturated heterocycles. The molecule has 1 aliphatic rings. The van der Waals surface area contributed by atoms with Gasteiger partial charge in [0, 0.05) is 6.42 Å². The SMILES string of the molecule is O=C1CCC(NC(=O)CNC(=O)c2ccco2)C(=O)N1. The molecule has 4 amide bonds. The molecule has 1 aliphatic heterocycles. The van der Waals surface area contributed by atoms with E-state index < -0.39 is 23.8 Å². The van der Waals surface area contributed by atoms with Crippen molar-refractivity contribution in [3.63, 3.8) is 0 Å². The molecule has 2 heterocycles. The van der Waals surface area contributed by atoms with Crippen LogP contribution in [0.15, 0.2) is 22.8 Å². The van der Waals surface area contributed by atoms with Crippen molar-refractivity contribution in [2.75, 3.05) is 6.54 Å². The number of imide groups is 1. The smallest absolute Gasteiger partial charge is 0.287 e. The van der Waals surface area contributed by atoms with Gasteiger partial charge in [-0.2, -0.15) is 0 Å². The predicted molar refractivity (Wildman–Crippen MR) is 65.4 cm³/mol. The fourth-order valence-electron chi connectivity index (χ4n) is 1.73. The number of carbonyl (C=O) groups excluding carboxylic acids is 4. The molecule has 1 atom stereocenters. The number of rotatable bonds is 4. The summed E-state index contributed by atoms with van der Waals surface area (Å²) >= 11 is 0. The Morgan fingerprint density at radius 2 is 2.20 bits per heavy atom. The average Bonchev–Trinajstić information content (AvgIpc) is 2.93. The van der Waals surface area contributed by atoms with E-state index in [2.05, 4.69) is 16.0 Å². The highest BCUT2D eigenvalue weighted by Crippen LogP contribution is 2.04. The van der Waals surface area contributed by atoms with Crippen molar-refractivity contribution in [2.45, 2.75) is 18.9 Å². The molecule has 0 bridgehead atoms. The van der Waals surface area contributed by atoms with Gasteiger partial charge in [-0.15, -0.1) is 0 Å². The van der Waals surface area contributed by atoms with E-state index in [1.54, 1.807) is 6.07 Å². The van der Waals surface area contributed by atoms with Crippen LogP contribution in [0.2, 0.25) is 0 Å². The Kier molecular flexibility index (Phi) is 4.14. The Morgan fingerprint density at radius 1 is 1.40 bits per heavy atom. The minimum absolute atomic E-state index is 0.0961. The van der Waals surface area contributed by atoms with Crippen LogP contribution in [-0.4, -0.2) is 36.2 Å². The highest BCUT2D eigenvalue weighted by molar-refractivity contribution is 6.02. The number of piperidine rings is 1. The van der Waals surface area contributed by atoms with Crippen molar-refractivity contribution in [3.05, 3.63) is 24.2 Å². The monoisotopic (exact) mass is 279 g/mol. The summed E-state index contributed by atoms with van der Waals surface area (Å²) in [7, 11) is 0. The largest absolute Gasteiger partial charge is 0.459 e. The molecule has 3 N–H and O–H groups in total. The first-order valence-electron chi connectivity index (χ1n) is 6.01. The van der Waals surface area contributed by atoms with Crippen LogP contribution in [0.4, 0.5) is 0 Å². The zero-order valence-electron chi connectivity index (χ0n) is 10.5. The van der Waals surface area contributed by atoms with Crippen LogP contribution in [0.1, 0.15) is 23.4 Å². The van der Waals surface area contributed by atoms with Gasteiger partial charge in [0.25, 0.3) is 5.91 Å².